The third kappa shape index (κ3) is 7.24. The van der Waals surface area contributed by atoms with E-state index >= 15 is 4.39 Å². The van der Waals surface area contributed by atoms with Crippen molar-refractivity contribution in [1.82, 2.24) is 14.5 Å². The first-order valence-corrected chi connectivity index (χ1v) is 14.2. The molecule has 43 heavy (non-hydrogen) atoms. The van der Waals surface area contributed by atoms with E-state index < -0.39 is 11.8 Å². The summed E-state index contributed by atoms with van der Waals surface area (Å²) in [7, 11) is 1.68. The normalized spacial score (nSPS) is 11.3. The number of hydrogen-bond donors (Lipinski definition) is 1. The van der Waals surface area contributed by atoms with Crippen molar-refractivity contribution in [3.8, 4) is 17.1 Å². The van der Waals surface area contributed by atoms with Crippen LogP contribution in [-0.2, 0) is 24.3 Å². The molecule has 0 unspecified atom stereocenters. The van der Waals surface area contributed by atoms with Crippen molar-refractivity contribution < 1.29 is 28.2 Å². The maximum Gasteiger partial charge on any atom is 0.335 e. The van der Waals surface area contributed by atoms with Crippen molar-refractivity contribution in [2.75, 3.05) is 13.7 Å². The summed E-state index contributed by atoms with van der Waals surface area (Å²) in [5, 5.41) is 9.51. The van der Waals surface area contributed by atoms with E-state index in [-0.39, 0.29) is 23.9 Å². The third-order valence-corrected chi connectivity index (χ3v) is 7.28. The van der Waals surface area contributed by atoms with Gasteiger partial charge in [0.05, 0.1) is 22.3 Å². The van der Waals surface area contributed by atoms with Gasteiger partial charge in [0, 0.05) is 43.9 Å². The Kier molecular flexibility index (Phi) is 9.41. The summed E-state index contributed by atoms with van der Waals surface area (Å²) in [6.45, 7) is 3.16. The van der Waals surface area contributed by atoms with Gasteiger partial charge < -0.3 is 19.1 Å². The standard InChI is InChI=1S/C34H33F2N3O4/c1-22-9-11-25(27(35)17-22)21-43-33-8-6-7-29(38-33)26-13-10-23(18-28(26)36)19-32-37-30-14-12-24(34(40)41)20-31(30)39(32)15-4-3-5-16-42-2/h6-14,17-18,20H,3-5,15-16,19,21H2,1-2H3,(H,40,41). The Hall–Kier alpha value is -4.63. The number of unbranched alkanes of at least 4 members (excludes halogenated alkanes) is 2. The second-order valence-corrected chi connectivity index (χ2v) is 10.5. The number of carboxylic acid groups (broad SMARTS) is 1. The van der Waals surface area contributed by atoms with E-state index in [1.807, 2.05) is 23.6 Å². The van der Waals surface area contributed by atoms with Crippen molar-refractivity contribution in [3.05, 3.63) is 113 Å². The quantitative estimate of drug-likeness (QED) is 0.145. The number of aromatic carboxylic acids is 1. The van der Waals surface area contributed by atoms with Crippen LogP contribution in [0.1, 0.15) is 52.1 Å². The second kappa shape index (κ2) is 13.6. The van der Waals surface area contributed by atoms with Crippen LogP contribution >= 0.6 is 0 Å². The average molecular weight is 586 g/mol. The van der Waals surface area contributed by atoms with Crippen LogP contribution in [-0.4, -0.2) is 39.3 Å². The molecule has 0 atom stereocenters. The molecule has 2 aromatic heterocycles. The van der Waals surface area contributed by atoms with Crippen LogP contribution in [0.4, 0.5) is 8.78 Å². The molecule has 0 aliphatic heterocycles. The largest absolute Gasteiger partial charge is 0.478 e. The lowest BCUT2D eigenvalue weighted by molar-refractivity contribution is 0.0697. The fraction of sp³-hybridized carbons (Fsp3) is 0.265. The minimum Gasteiger partial charge on any atom is -0.478 e. The number of hydrogen-bond acceptors (Lipinski definition) is 5. The molecule has 0 saturated carbocycles. The Morgan fingerprint density at radius 3 is 2.56 bits per heavy atom. The molecular formula is C34H33F2N3O4. The number of fused-ring (bicyclic) bond motifs is 1. The number of methoxy groups -OCH3 is 1. The van der Waals surface area contributed by atoms with Crippen molar-refractivity contribution >= 4 is 17.0 Å². The number of halogens is 2. The number of aryl methyl sites for hydroxylation is 2. The van der Waals surface area contributed by atoms with E-state index in [1.165, 1.54) is 12.1 Å². The van der Waals surface area contributed by atoms with Gasteiger partial charge >= 0.3 is 5.97 Å². The Labute approximate surface area is 248 Å². The van der Waals surface area contributed by atoms with Crippen LogP contribution in [0.3, 0.4) is 0 Å². The summed E-state index contributed by atoms with van der Waals surface area (Å²) in [5.41, 5.74) is 4.29. The first kappa shape index (κ1) is 29.8. The number of carboxylic acids is 1. The fourth-order valence-electron chi connectivity index (χ4n) is 5.01. The highest BCUT2D eigenvalue weighted by Crippen LogP contribution is 2.27. The number of imidazole rings is 1. The summed E-state index contributed by atoms with van der Waals surface area (Å²) < 4.78 is 42.5. The van der Waals surface area contributed by atoms with Gasteiger partial charge in [-0.15, -0.1) is 0 Å². The number of benzene rings is 3. The minimum absolute atomic E-state index is 0.00528. The molecule has 5 rings (SSSR count). The molecule has 0 amide bonds. The van der Waals surface area contributed by atoms with Crippen molar-refractivity contribution in [2.24, 2.45) is 0 Å². The molecule has 9 heteroatoms. The van der Waals surface area contributed by atoms with Gasteiger partial charge in [-0.25, -0.2) is 23.5 Å². The number of rotatable bonds is 13. The van der Waals surface area contributed by atoms with Gasteiger partial charge in [-0.1, -0.05) is 24.3 Å². The van der Waals surface area contributed by atoms with Crippen LogP contribution in [0.2, 0.25) is 0 Å². The highest BCUT2D eigenvalue weighted by atomic mass is 19.1. The van der Waals surface area contributed by atoms with Crippen LogP contribution in [0, 0.1) is 18.6 Å². The molecule has 0 spiro atoms. The maximum atomic E-state index is 15.4. The highest BCUT2D eigenvalue weighted by Gasteiger charge is 2.16. The predicted octanol–water partition coefficient (Wildman–Crippen LogP) is 7.37. The molecular weight excluding hydrogens is 552 g/mol. The number of ether oxygens (including phenoxy) is 2. The van der Waals surface area contributed by atoms with Crippen LogP contribution < -0.4 is 4.74 Å². The highest BCUT2D eigenvalue weighted by molar-refractivity contribution is 5.92. The lowest BCUT2D eigenvalue weighted by atomic mass is 10.1. The molecule has 222 valence electrons. The Balaban J connectivity index is 1.35. The second-order valence-electron chi connectivity index (χ2n) is 10.5. The first-order chi connectivity index (χ1) is 20.8. The van der Waals surface area contributed by atoms with E-state index in [9.17, 15) is 14.3 Å². The fourth-order valence-corrected chi connectivity index (χ4v) is 5.01. The van der Waals surface area contributed by atoms with E-state index in [2.05, 4.69) is 4.98 Å². The molecule has 0 fully saturated rings. The van der Waals surface area contributed by atoms with E-state index in [1.54, 1.807) is 55.6 Å². The lowest BCUT2D eigenvalue weighted by Gasteiger charge is -2.11. The van der Waals surface area contributed by atoms with Gasteiger partial charge in [-0.05, 0) is 79.8 Å². The van der Waals surface area contributed by atoms with Gasteiger partial charge in [0.2, 0.25) is 5.88 Å². The number of aromatic nitrogens is 3. The van der Waals surface area contributed by atoms with E-state index in [0.29, 0.717) is 41.9 Å². The average Bonchev–Trinajstić information content (AvgIpc) is 3.32. The lowest BCUT2D eigenvalue weighted by Crippen LogP contribution is -2.06. The van der Waals surface area contributed by atoms with Gasteiger partial charge in [-0.2, -0.15) is 0 Å². The molecule has 1 N–H and O–H groups in total. The number of carbonyl (C=O) groups is 1. The third-order valence-electron chi connectivity index (χ3n) is 7.28. The topological polar surface area (TPSA) is 86.5 Å². The smallest absolute Gasteiger partial charge is 0.335 e. The first-order valence-electron chi connectivity index (χ1n) is 14.2. The molecule has 0 aliphatic carbocycles. The zero-order valence-electron chi connectivity index (χ0n) is 24.1. The molecule has 0 radical (unpaired) electrons. The van der Waals surface area contributed by atoms with E-state index in [0.717, 1.165) is 41.7 Å². The Bertz CT molecular complexity index is 1750. The van der Waals surface area contributed by atoms with Crippen molar-refractivity contribution in [2.45, 2.75) is 45.8 Å². The van der Waals surface area contributed by atoms with Crippen LogP contribution in [0.15, 0.2) is 72.8 Å². The van der Waals surface area contributed by atoms with Crippen molar-refractivity contribution in [1.29, 1.82) is 0 Å². The maximum absolute atomic E-state index is 15.4. The summed E-state index contributed by atoms with van der Waals surface area (Å²) in [5.74, 6) is -0.796. The zero-order valence-corrected chi connectivity index (χ0v) is 24.1. The molecule has 7 nitrogen and oxygen atoms in total. The molecule has 3 aromatic carbocycles. The predicted molar refractivity (Wildman–Crippen MR) is 160 cm³/mol. The SMILES string of the molecule is COCCCCCn1c(Cc2ccc(-c3cccc(OCc4ccc(C)cc4F)n3)c(F)c2)nc2ccc(C(=O)O)cc21. The molecule has 5 aromatic rings. The van der Waals surface area contributed by atoms with Crippen molar-refractivity contribution in [3.63, 3.8) is 0 Å². The Morgan fingerprint density at radius 1 is 0.930 bits per heavy atom. The Morgan fingerprint density at radius 2 is 1.79 bits per heavy atom. The minimum atomic E-state index is -1.00. The van der Waals surface area contributed by atoms with Gasteiger partial charge in [0.25, 0.3) is 0 Å². The summed E-state index contributed by atoms with van der Waals surface area (Å²) in [6, 6.07) is 19.9. The summed E-state index contributed by atoms with van der Waals surface area (Å²) in [4.78, 5) is 20.8. The van der Waals surface area contributed by atoms with Crippen LogP contribution in [0.25, 0.3) is 22.3 Å². The summed E-state index contributed by atoms with van der Waals surface area (Å²) in [6.07, 6.45) is 3.11. The monoisotopic (exact) mass is 585 g/mol. The van der Waals surface area contributed by atoms with Crippen LogP contribution in [0.5, 0.6) is 5.88 Å². The van der Waals surface area contributed by atoms with E-state index in [4.69, 9.17) is 14.5 Å². The molecule has 2 heterocycles. The zero-order chi connectivity index (χ0) is 30.3. The van der Waals surface area contributed by atoms with Gasteiger partial charge in [0.15, 0.2) is 0 Å². The summed E-state index contributed by atoms with van der Waals surface area (Å²) >= 11 is 0. The molecule has 0 saturated heterocycles. The van der Waals surface area contributed by atoms with Gasteiger partial charge in [0.1, 0.15) is 24.1 Å². The van der Waals surface area contributed by atoms with Gasteiger partial charge in [-0.3, -0.25) is 0 Å². The number of pyridine rings is 1. The molecule has 0 aliphatic rings. The number of nitrogens with zero attached hydrogens (tertiary/aromatic N) is 3. The molecule has 0 bridgehead atoms.